The van der Waals surface area contributed by atoms with Crippen LogP contribution in [-0.4, -0.2) is 19.3 Å². The number of hydrogen-bond acceptors (Lipinski definition) is 3. The van der Waals surface area contributed by atoms with Crippen molar-refractivity contribution < 1.29 is 17.9 Å². The smallest absolute Gasteiger partial charge is 0.178 e. The molecule has 1 unspecified atom stereocenters. The number of halogens is 2. The molecule has 2 aromatic carbocycles. The molecular formula is C15H12BrFO3S. The van der Waals surface area contributed by atoms with Gasteiger partial charge in [-0.2, -0.15) is 0 Å². The molecular weight excluding hydrogens is 359 g/mol. The van der Waals surface area contributed by atoms with Gasteiger partial charge in [0.05, 0.1) is 10.6 Å². The molecule has 0 bridgehead atoms. The van der Waals surface area contributed by atoms with Crippen LogP contribution < -0.4 is 0 Å². The predicted octanol–water partition coefficient (Wildman–Crippen LogP) is 3.00. The highest BCUT2D eigenvalue weighted by Crippen LogP contribution is 2.42. The Morgan fingerprint density at radius 3 is 2.62 bits per heavy atom. The Kier molecular flexibility index (Phi) is 3.43. The van der Waals surface area contributed by atoms with Crippen molar-refractivity contribution in [3.05, 3.63) is 63.9 Å². The van der Waals surface area contributed by atoms with Crippen LogP contribution in [0.25, 0.3) is 0 Å². The van der Waals surface area contributed by atoms with E-state index in [-0.39, 0.29) is 28.2 Å². The zero-order chi connectivity index (χ0) is 15.3. The molecule has 0 amide bonds. The zero-order valence-electron chi connectivity index (χ0n) is 10.9. The van der Waals surface area contributed by atoms with E-state index in [1.54, 1.807) is 12.1 Å². The van der Waals surface area contributed by atoms with Gasteiger partial charge in [-0.25, -0.2) is 12.8 Å². The van der Waals surface area contributed by atoms with E-state index in [0.717, 1.165) is 0 Å². The van der Waals surface area contributed by atoms with Crippen molar-refractivity contribution in [2.75, 3.05) is 5.75 Å². The maximum atomic E-state index is 14.2. The van der Waals surface area contributed by atoms with Gasteiger partial charge >= 0.3 is 0 Å². The maximum Gasteiger partial charge on any atom is 0.178 e. The van der Waals surface area contributed by atoms with Crippen LogP contribution in [0.3, 0.4) is 0 Å². The van der Waals surface area contributed by atoms with Crippen LogP contribution in [0, 0.1) is 5.82 Å². The van der Waals surface area contributed by atoms with Crippen molar-refractivity contribution in [2.45, 2.75) is 16.9 Å². The lowest BCUT2D eigenvalue weighted by atomic mass is 9.83. The summed E-state index contributed by atoms with van der Waals surface area (Å²) in [5.74, 6) is -0.776. The van der Waals surface area contributed by atoms with Crippen LogP contribution in [0.15, 0.2) is 51.8 Å². The minimum absolute atomic E-state index is 0.0677. The van der Waals surface area contributed by atoms with Crippen LogP contribution in [0.1, 0.15) is 17.5 Å². The van der Waals surface area contributed by atoms with Gasteiger partial charge in [0.15, 0.2) is 9.84 Å². The second kappa shape index (κ2) is 4.90. The normalized spacial score (nSPS) is 23.6. The van der Waals surface area contributed by atoms with Crippen LogP contribution >= 0.6 is 15.9 Å². The van der Waals surface area contributed by atoms with E-state index in [1.807, 2.05) is 0 Å². The Hall–Kier alpha value is -1.24. The maximum absolute atomic E-state index is 14.2. The highest BCUT2D eigenvalue weighted by atomic mass is 79.9. The summed E-state index contributed by atoms with van der Waals surface area (Å²) in [6.45, 7) is 0. The van der Waals surface area contributed by atoms with Gasteiger partial charge in [0, 0.05) is 15.6 Å². The summed E-state index contributed by atoms with van der Waals surface area (Å²) in [6.07, 6.45) is -0.0697. The van der Waals surface area contributed by atoms with Crippen molar-refractivity contribution in [3.63, 3.8) is 0 Å². The van der Waals surface area contributed by atoms with Gasteiger partial charge in [-0.05, 0) is 30.7 Å². The van der Waals surface area contributed by atoms with Crippen molar-refractivity contribution >= 4 is 25.8 Å². The fourth-order valence-electron chi connectivity index (χ4n) is 2.70. The van der Waals surface area contributed by atoms with E-state index in [2.05, 4.69) is 15.9 Å². The molecule has 1 heterocycles. The second-order valence-electron chi connectivity index (χ2n) is 5.05. The first-order valence-electron chi connectivity index (χ1n) is 6.35. The largest absolute Gasteiger partial charge is 0.380 e. The van der Waals surface area contributed by atoms with Crippen LogP contribution in [-0.2, 0) is 15.4 Å². The van der Waals surface area contributed by atoms with Gasteiger partial charge in [-0.15, -0.1) is 0 Å². The molecule has 3 nitrogen and oxygen atoms in total. The Morgan fingerprint density at radius 1 is 1.14 bits per heavy atom. The quantitative estimate of drug-likeness (QED) is 0.839. The summed E-state index contributed by atoms with van der Waals surface area (Å²) >= 11 is 3.25. The summed E-state index contributed by atoms with van der Waals surface area (Å²) in [4.78, 5) is 0.0677. The van der Waals surface area contributed by atoms with Crippen LogP contribution in [0.5, 0.6) is 0 Å². The molecule has 1 N–H and O–H groups in total. The van der Waals surface area contributed by atoms with Gasteiger partial charge in [0.25, 0.3) is 0 Å². The number of hydrogen-bond donors (Lipinski definition) is 1. The fourth-order valence-corrected chi connectivity index (χ4v) is 4.70. The third-order valence-electron chi connectivity index (χ3n) is 3.77. The Labute approximate surface area is 130 Å². The summed E-state index contributed by atoms with van der Waals surface area (Å²) in [5.41, 5.74) is -1.33. The summed E-state index contributed by atoms with van der Waals surface area (Å²) in [7, 11) is -3.44. The van der Waals surface area contributed by atoms with Gasteiger partial charge in [-0.3, -0.25) is 0 Å². The molecule has 0 aromatic heterocycles. The molecule has 3 rings (SSSR count). The van der Waals surface area contributed by atoms with E-state index >= 15 is 0 Å². The Bertz CT molecular complexity index is 819. The molecule has 110 valence electrons. The van der Waals surface area contributed by atoms with E-state index in [9.17, 15) is 17.9 Å². The Morgan fingerprint density at radius 2 is 1.86 bits per heavy atom. The van der Waals surface area contributed by atoms with E-state index < -0.39 is 21.3 Å². The minimum atomic E-state index is -3.44. The van der Waals surface area contributed by atoms with E-state index in [4.69, 9.17) is 0 Å². The fraction of sp³-hybridized carbons (Fsp3) is 0.200. The minimum Gasteiger partial charge on any atom is -0.380 e. The molecule has 6 heteroatoms. The van der Waals surface area contributed by atoms with Crippen LogP contribution in [0.4, 0.5) is 4.39 Å². The first kappa shape index (κ1) is 14.7. The molecule has 1 aliphatic heterocycles. The molecule has 21 heavy (non-hydrogen) atoms. The first-order chi connectivity index (χ1) is 9.84. The highest BCUT2D eigenvalue weighted by molar-refractivity contribution is 9.10. The first-order valence-corrected chi connectivity index (χ1v) is 8.79. The molecule has 0 aliphatic carbocycles. The zero-order valence-corrected chi connectivity index (χ0v) is 13.3. The van der Waals surface area contributed by atoms with E-state index in [1.165, 1.54) is 30.3 Å². The molecule has 1 aliphatic rings. The molecule has 0 radical (unpaired) electrons. The summed E-state index contributed by atoms with van der Waals surface area (Å²) in [6, 6.07) is 10.5. The van der Waals surface area contributed by atoms with Gasteiger partial charge in [0.1, 0.15) is 11.4 Å². The van der Waals surface area contributed by atoms with Crippen LogP contribution in [0.2, 0.25) is 0 Å². The van der Waals surface area contributed by atoms with Crippen molar-refractivity contribution in [1.82, 2.24) is 0 Å². The predicted molar refractivity (Wildman–Crippen MR) is 80.2 cm³/mol. The topological polar surface area (TPSA) is 54.4 Å². The summed E-state index contributed by atoms with van der Waals surface area (Å²) < 4.78 is 39.0. The highest BCUT2D eigenvalue weighted by Gasteiger charge is 2.43. The molecule has 0 saturated carbocycles. The van der Waals surface area contributed by atoms with Gasteiger partial charge in [0.2, 0.25) is 0 Å². The SMILES string of the molecule is O=S1(=O)CCC(O)(c2cc(Br)ccc2F)c2ccccc21. The van der Waals surface area contributed by atoms with Gasteiger partial charge in [-0.1, -0.05) is 34.1 Å². The number of aliphatic hydroxyl groups is 1. The lowest BCUT2D eigenvalue weighted by molar-refractivity contribution is 0.0678. The number of rotatable bonds is 1. The number of sulfone groups is 1. The third-order valence-corrected chi connectivity index (χ3v) is 6.04. The van der Waals surface area contributed by atoms with E-state index in [0.29, 0.717) is 4.47 Å². The van der Waals surface area contributed by atoms with Crippen molar-refractivity contribution in [2.24, 2.45) is 0 Å². The lowest BCUT2D eigenvalue weighted by Crippen LogP contribution is -2.37. The summed E-state index contributed by atoms with van der Waals surface area (Å²) in [5, 5.41) is 11.0. The molecule has 0 fully saturated rings. The number of benzene rings is 2. The standard InChI is InChI=1S/C15H12BrFO3S/c16-10-5-6-13(17)12(9-10)15(18)7-8-21(19,20)14-4-2-1-3-11(14)15/h1-6,9,18H,7-8H2. The number of fused-ring (bicyclic) bond motifs is 1. The molecule has 1 atom stereocenters. The average molecular weight is 371 g/mol. The molecule has 0 saturated heterocycles. The second-order valence-corrected chi connectivity index (χ2v) is 8.04. The lowest BCUT2D eigenvalue weighted by Gasteiger charge is -2.34. The Balaban J connectivity index is 2.30. The average Bonchev–Trinajstić information content (AvgIpc) is 2.46. The molecule has 2 aromatic rings. The van der Waals surface area contributed by atoms with Gasteiger partial charge < -0.3 is 5.11 Å². The van der Waals surface area contributed by atoms with Crippen molar-refractivity contribution in [1.29, 1.82) is 0 Å². The monoisotopic (exact) mass is 370 g/mol. The third kappa shape index (κ3) is 2.31. The molecule has 0 spiro atoms. The van der Waals surface area contributed by atoms with Crippen molar-refractivity contribution in [3.8, 4) is 0 Å².